The second-order valence-corrected chi connectivity index (χ2v) is 10.4. The van der Waals surface area contributed by atoms with Gasteiger partial charge in [-0.1, -0.05) is 26.8 Å². The van der Waals surface area contributed by atoms with Crippen LogP contribution >= 0.6 is 0 Å². The van der Waals surface area contributed by atoms with Gasteiger partial charge in [0.15, 0.2) is 0 Å². The number of nitrogens with zero attached hydrogens (tertiary/aromatic N) is 4. The molecule has 2 aromatic heterocycles. The maximum atomic E-state index is 13.2. The number of benzene rings is 1. The lowest BCUT2D eigenvalue weighted by Gasteiger charge is -2.40. The highest BCUT2D eigenvalue weighted by Gasteiger charge is 2.45. The maximum Gasteiger partial charge on any atom is 0.322 e. The van der Waals surface area contributed by atoms with Crippen LogP contribution in [0.5, 0.6) is 0 Å². The molecule has 0 unspecified atom stereocenters. The zero-order valence-corrected chi connectivity index (χ0v) is 19.9. The van der Waals surface area contributed by atoms with Crippen LogP contribution in [-0.2, 0) is 6.54 Å². The number of aromatic nitrogens is 3. The number of fused-ring (bicyclic) bond motifs is 2. The van der Waals surface area contributed by atoms with E-state index in [2.05, 4.69) is 58.8 Å². The van der Waals surface area contributed by atoms with Gasteiger partial charge in [-0.15, -0.1) is 6.58 Å². The Hall–Kier alpha value is -3.19. The van der Waals surface area contributed by atoms with Crippen molar-refractivity contribution >= 4 is 22.6 Å². The van der Waals surface area contributed by atoms with Crippen LogP contribution in [0.15, 0.2) is 43.1 Å². The van der Waals surface area contributed by atoms with Crippen molar-refractivity contribution in [2.24, 2.45) is 11.3 Å². The maximum absolute atomic E-state index is 13.2. The minimum absolute atomic E-state index is 0.0222. The molecule has 3 aromatic rings. The smallest absolute Gasteiger partial charge is 0.316 e. The molecule has 0 saturated carbocycles. The van der Waals surface area contributed by atoms with Crippen molar-refractivity contribution in [1.29, 1.82) is 0 Å². The van der Waals surface area contributed by atoms with E-state index in [1.807, 2.05) is 42.3 Å². The molecule has 1 fully saturated rings. The molecule has 2 aliphatic rings. The van der Waals surface area contributed by atoms with Crippen LogP contribution in [0.1, 0.15) is 32.0 Å². The number of pyridine rings is 1. The molecular weight excluding hydrogens is 412 g/mol. The number of aromatic amines is 1. The average molecular weight is 445 g/mol. The summed E-state index contributed by atoms with van der Waals surface area (Å²) < 4.78 is 0. The van der Waals surface area contributed by atoms with Crippen molar-refractivity contribution in [1.82, 2.24) is 25.0 Å². The summed E-state index contributed by atoms with van der Waals surface area (Å²) >= 11 is 0. The average Bonchev–Trinajstić information content (AvgIpc) is 3.36. The Morgan fingerprint density at radius 3 is 2.79 bits per heavy atom. The fourth-order valence-corrected chi connectivity index (χ4v) is 5.34. The zero-order valence-electron chi connectivity index (χ0n) is 19.9. The Kier molecular flexibility index (Phi) is 5.24. The monoisotopic (exact) mass is 444 g/mol. The van der Waals surface area contributed by atoms with Gasteiger partial charge in [0.1, 0.15) is 5.69 Å². The number of amides is 2. The number of hydrogen-bond donors (Lipinski definition) is 2. The van der Waals surface area contributed by atoms with Gasteiger partial charge >= 0.3 is 6.03 Å². The predicted molar refractivity (Wildman–Crippen MR) is 132 cm³/mol. The summed E-state index contributed by atoms with van der Waals surface area (Å²) in [6, 6.07) is 8.34. The molecule has 0 aliphatic carbocycles. The molecule has 0 spiro atoms. The van der Waals surface area contributed by atoms with E-state index in [1.54, 1.807) is 0 Å². The topological polar surface area (TPSA) is 77.2 Å². The minimum atomic E-state index is -0.0222. The highest BCUT2D eigenvalue weighted by molar-refractivity contribution is 6.00. The molecule has 1 saturated heterocycles. The third kappa shape index (κ3) is 3.91. The number of likely N-dealkylation sites (tertiary alicyclic amines) is 1. The van der Waals surface area contributed by atoms with Crippen LogP contribution in [0, 0.1) is 18.3 Å². The lowest BCUT2D eigenvalue weighted by Crippen LogP contribution is -2.50. The minimum Gasteiger partial charge on any atom is -0.316 e. The summed E-state index contributed by atoms with van der Waals surface area (Å²) in [6.07, 6.45) is 3.76. The van der Waals surface area contributed by atoms with Crippen LogP contribution in [0.2, 0.25) is 0 Å². The third-order valence-corrected chi connectivity index (χ3v) is 7.06. The van der Waals surface area contributed by atoms with E-state index in [1.165, 1.54) is 0 Å². The standard InChI is InChI=1S/C26H32N6O/c1-6-9-31-14-20(26(3,4)5)23(15-31)32-13-18-11-19-22(12-21(18)28-25(32)33)29-30-24(19)17-7-8-27-16(2)10-17/h6-8,10-12,20,23H,1,9,13-15H2,2-5H3,(H,28,33)(H,29,30)/t20-,23-/m1/s1. The van der Waals surface area contributed by atoms with Crippen molar-refractivity contribution in [3.63, 3.8) is 0 Å². The van der Waals surface area contributed by atoms with Gasteiger partial charge in [-0.05, 0) is 48.1 Å². The van der Waals surface area contributed by atoms with E-state index in [0.29, 0.717) is 12.5 Å². The molecule has 4 heterocycles. The van der Waals surface area contributed by atoms with E-state index in [-0.39, 0.29) is 17.5 Å². The van der Waals surface area contributed by atoms with Crippen LogP contribution in [-0.4, -0.2) is 56.7 Å². The number of H-pyrrole nitrogens is 1. The molecular formula is C26H32N6O. The van der Waals surface area contributed by atoms with Gasteiger partial charge < -0.3 is 10.2 Å². The van der Waals surface area contributed by atoms with E-state index in [4.69, 9.17) is 0 Å². The number of carbonyl (C=O) groups excluding carboxylic acids is 1. The summed E-state index contributed by atoms with van der Waals surface area (Å²) in [4.78, 5) is 22.0. The van der Waals surface area contributed by atoms with Crippen molar-refractivity contribution in [3.05, 3.63) is 54.4 Å². The normalized spacial score (nSPS) is 21.3. The highest BCUT2D eigenvalue weighted by atomic mass is 16.2. The van der Waals surface area contributed by atoms with Crippen molar-refractivity contribution in [2.75, 3.05) is 25.0 Å². The largest absolute Gasteiger partial charge is 0.322 e. The quantitative estimate of drug-likeness (QED) is 0.566. The summed E-state index contributed by atoms with van der Waals surface area (Å²) in [5, 5.41) is 11.9. The van der Waals surface area contributed by atoms with Crippen molar-refractivity contribution in [2.45, 2.75) is 40.3 Å². The summed E-state index contributed by atoms with van der Waals surface area (Å²) in [5.41, 5.74) is 5.89. The Bertz CT molecular complexity index is 1220. The van der Waals surface area contributed by atoms with E-state index in [0.717, 1.165) is 58.7 Å². The number of aryl methyl sites for hydroxylation is 1. The van der Waals surface area contributed by atoms with Crippen LogP contribution in [0.4, 0.5) is 10.5 Å². The van der Waals surface area contributed by atoms with E-state index in [9.17, 15) is 4.79 Å². The van der Waals surface area contributed by atoms with E-state index >= 15 is 0 Å². The molecule has 1 aromatic carbocycles. The number of carbonyl (C=O) groups is 1. The van der Waals surface area contributed by atoms with Gasteiger partial charge in [0.25, 0.3) is 0 Å². The Balaban J connectivity index is 1.51. The summed E-state index contributed by atoms with van der Waals surface area (Å²) in [6.45, 7) is 16.0. The summed E-state index contributed by atoms with van der Waals surface area (Å²) in [5.74, 6) is 0.387. The number of anilines is 1. The van der Waals surface area contributed by atoms with Crippen LogP contribution in [0.25, 0.3) is 22.2 Å². The zero-order chi connectivity index (χ0) is 23.3. The molecule has 172 valence electrons. The van der Waals surface area contributed by atoms with Crippen LogP contribution < -0.4 is 5.32 Å². The Morgan fingerprint density at radius 1 is 1.24 bits per heavy atom. The predicted octanol–water partition coefficient (Wildman–Crippen LogP) is 4.81. The number of hydrogen-bond acceptors (Lipinski definition) is 4. The van der Waals surface area contributed by atoms with Crippen LogP contribution in [0.3, 0.4) is 0 Å². The molecule has 33 heavy (non-hydrogen) atoms. The molecule has 5 rings (SSSR count). The molecule has 2 aliphatic heterocycles. The van der Waals surface area contributed by atoms with Gasteiger partial charge in [-0.25, -0.2) is 4.79 Å². The number of nitrogens with one attached hydrogen (secondary N) is 2. The molecule has 7 nitrogen and oxygen atoms in total. The Morgan fingerprint density at radius 2 is 2.06 bits per heavy atom. The van der Waals surface area contributed by atoms with Gasteiger partial charge in [-0.2, -0.15) is 5.10 Å². The first-order chi connectivity index (χ1) is 15.7. The van der Waals surface area contributed by atoms with Gasteiger partial charge in [0.2, 0.25) is 0 Å². The molecule has 2 atom stereocenters. The SMILES string of the molecule is C=CCN1C[C@@H](N2Cc3cc4c(-c5ccnc(C)c5)n[nH]c4cc3NC2=O)[C@H](C(C)(C)C)C1. The number of rotatable bonds is 4. The van der Waals surface area contributed by atoms with Gasteiger partial charge in [0.05, 0.1) is 11.6 Å². The first kappa shape index (κ1) is 21.6. The first-order valence-electron chi connectivity index (χ1n) is 11.6. The highest BCUT2D eigenvalue weighted by Crippen LogP contribution is 2.40. The van der Waals surface area contributed by atoms with Crippen molar-refractivity contribution in [3.8, 4) is 11.3 Å². The lowest BCUT2D eigenvalue weighted by molar-refractivity contribution is 0.124. The molecule has 2 amide bonds. The van der Waals surface area contributed by atoms with Gasteiger partial charge in [-0.3, -0.25) is 15.0 Å². The molecule has 0 radical (unpaired) electrons. The second kappa shape index (κ2) is 7.99. The summed E-state index contributed by atoms with van der Waals surface area (Å²) in [7, 11) is 0. The Labute approximate surface area is 194 Å². The van der Waals surface area contributed by atoms with Gasteiger partial charge in [0, 0.05) is 54.7 Å². The number of urea groups is 1. The first-order valence-corrected chi connectivity index (χ1v) is 11.6. The fourth-order valence-electron chi connectivity index (χ4n) is 5.34. The van der Waals surface area contributed by atoms with Crippen molar-refractivity contribution < 1.29 is 4.79 Å². The molecule has 7 heteroatoms. The molecule has 2 N–H and O–H groups in total. The molecule has 0 bridgehead atoms. The fraction of sp³-hybridized carbons (Fsp3) is 0.423. The third-order valence-electron chi connectivity index (χ3n) is 7.06. The lowest BCUT2D eigenvalue weighted by atomic mass is 9.77. The second-order valence-electron chi connectivity index (χ2n) is 10.4. The van der Waals surface area contributed by atoms with E-state index < -0.39 is 0 Å².